The summed E-state index contributed by atoms with van der Waals surface area (Å²) in [6.07, 6.45) is 3.99. The van der Waals surface area contributed by atoms with Crippen molar-refractivity contribution in [2.24, 2.45) is 5.92 Å². The maximum absolute atomic E-state index is 6.45. The summed E-state index contributed by atoms with van der Waals surface area (Å²) in [5.74, 6) is 1.27. The van der Waals surface area contributed by atoms with Gasteiger partial charge in [0.2, 0.25) is 0 Å². The number of benzene rings is 2. The number of rotatable bonds is 4. The van der Waals surface area contributed by atoms with Crippen LogP contribution in [0.25, 0.3) is 22.2 Å². The third kappa shape index (κ3) is 3.17. The van der Waals surface area contributed by atoms with E-state index in [0.29, 0.717) is 11.6 Å². The maximum Gasteiger partial charge on any atom is 0.141 e. The summed E-state index contributed by atoms with van der Waals surface area (Å²) < 4.78 is 13.3. The van der Waals surface area contributed by atoms with Crippen molar-refractivity contribution in [3.05, 3.63) is 65.8 Å². The predicted octanol–water partition coefficient (Wildman–Crippen LogP) is 4.91. The Morgan fingerprint density at radius 3 is 2.57 bits per heavy atom. The zero-order chi connectivity index (χ0) is 20.7. The summed E-state index contributed by atoms with van der Waals surface area (Å²) in [7, 11) is 0. The molecule has 0 bridgehead atoms. The van der Waals surface area contributed by atoms with E-state index >= 15 is 0 Å². The Balaban J connectivity index is 1.70. The number of hydrogen-bond donors (Lipinski definition) is 1. The molecular weight excluding hydrogens is 376 g/mol. The van der Waals surface area contributed by atoms with Gasteiger partial charge < -0.3 is 19.6 Å². The highest BCUT2D eigenvalue weighted by Crippen LogP contribution is 2.38. The van der Waals surface area contributed by atoms with Crippen LogP contribution in [0.5, 0.6) is 0 Å². The zero-order valence-corrected chi connectivity index (χ0v) is 17.3. The molecule has 3 heterocycles. The number of nitrogen functional groups attached to an aromatic ring is 1. The molecule has 0 amide bonds. The topological polar surface area (TPSA) is 79.1 Å². The molecule has 2 N–H and O–H groups in total. The van der Waals surface area contributed by atoms with Crippen LogP contribution in [0.3, 0.4) is 0 Å². The van der Waals surface area contributed by atoms with Crippen LogP contribution in [0.15, 0.2) is 53.3 Å². The summed E-state index contributed by atoms with van der Waals surface area (Å²) in [6, 6.07) is 15.0. The normalized spacial score (nSPS) is 16.2. The average molecular weight is 402 g/mol. The Labute approximate surface area is 175 Å². The second-order valence-corrected chi connectivity index (χ2v) is 8.09. The van der Waals surface area contributed by atoms with E-state index in [2.05, 4.69) is 46.1 Å². The van der Waals surface area contributed by atoms with Crippen LogP contribution in [0.1, 0.15) is 35.9 Å². The molecule has 2 aromatic carbocycles. The molecule has 1 unspecified atom stereocenters. The first-order valence-corrected chi connectivity index (χ1v) is 10.5. The third-order valence-corrected chi connectivity index (χ3v) is 6.18. The second kappa shape index (κ2) is 7.61. The number of aryl methyl sites for hydroxylation is 2. The van der Waals surface area contributed by atoms with Gasteiger partial charge in [0.1, 0.15) is 11.3 Å². The van der Waals surface area contributed by atoms with Crippen molar-refractivity contribution < 1.29 is 9.26 Å². The summed E-state index contributed by atoms with van der Waals surface area (Å²) in [5, 5.41) is 4.12. The van der Waals surface area contributed by atoms with E-state index < -0.39 is 0 Å². The number of nitrogens with zero attached hydrogens (tertiary/aromatic N) is 3. The number of nitrogens with two attached hydrogens (primary N) is 1. The van der Waals surface area contributed by atoms with Crippen molar-refractivity contribution in [3.63, 3.8) is 0 Å². The molecule has 0 radical (unpaired) electrons. The van der Waals surface area contributed by atoms with E-state index in [1.807, 2.05) is 26.2 Å². The first-order chi connectivity index (χ1) is 14.6. The lowest BCUT2D eigenvalue weighted by atomic mass is 9.86. The van der Waals surface area contributed by atoms with Gasteiger partial charge in [-0.05, 0) is 55.9 Å². The number of anilines is 1. The van der Waals surface area contributed by atoms with Gasteiger partial charge in [0.25, 0.3) is 0 Å². The molecule has 0 spiro atoms. The number of ether oxygens (including phenoxy) is 1. The molecule has 154 valence electrons. The van der Waals surface area contributed by atoms with Gasteiger partial charge in [-0.1, -0.05) is 35.5 Å². The van der Waals surface area contributed by atoms with Crippen molar-refractivity contribution >= 4 is 16.7 Å². The molecule has 6 heteroatoms. The summed E-state index contributed by atoms with van der Waals surface area (Å²) in [6.45, 7) is 5.49. The highest BCUT2D eigenvalue weighted by atomic mass is 16.5. The minimum Gasteiger partial charge on any atom is -0.397 e. The van der Waals surface area contributed by atoms with Gasteiger partial charge in [0.05, 0.1) is 29.3 Å². The predicted molar refractivity (Wildman–Crippen MR) is 117 cm³/mol. The van der Waals surface area contributed by atoms with E-state index in [0.717, 1.165) is 59.7 Å². The molecule has 1 aliphatic rings. The fourth-order valence-electron chi connectivity index (χ4n) is 4.76. The van der Waals surface area contributed by atoms with Crippen molar-refractivity contribution in [2.75, 3.05) is 18.9 Å². The molecule has 5 rings (SSSR count). The SMILES string of the molecule is Cc1noc(C)c1-c1cc(N)c2ncn(C(c3ccccc3)C3CCOCC3)c2c1. The summed E-state index contributed by atoms with van der Waals surface area (Å²) in [4.78, 5) is 4.69. The van der Waals surface area contributed by atoms with Crippen LogP contribution in [-0.2, 0) is 4.74 Å². The summed E-state index contributed by atoms with van der Waals surface area (Å²) in [5.41, 5.74) is 13.1. The van der Waals surface area contributed by atoms with Crippen molar-refractivity contribution in [3.8, 4) is 11.1 Å². The largest absolute Gasteiger partial charge is 0.397 e. The molecule has 1 saturated heterocycles. The van der Waals surface area contributed by atoms with Gasteiger partial charge in [0.15, 0.2) is 0 Å². The van der Waals surface area contributed by atoms with Gasteiger partial charge in [-0.25, -0.2) is 4.98 Å². The van der Waals surface area contributed by atoms with Crippen molar-refractivity contribution in [2.45, 2.75) is 32.7 Å². The molecule has 6 nitrogen and oxygen atoms in total. The molecule has 0 saturated carbocycles. The second-order valence-electron chi connectivity index (χ2n) is 8.09. The van der Waals surface area contributed by atoms with Gasteiger partial charge in [0, 0.05) is 18.8 Å². The Morgan fingerprint density at radius 1 is 1.10 bits per heavy atom. The van der Waals surface area contributed by atoms with Crippen LogP contribution in [-0.4, -0.2) is 27.9 Å². The smallest absolute Gasteiger partial charge is 0.141 e. The number of imidazole rings is 1. The highest BCUT2D eigenvalue weighted by Gasteiger charge is 2.28. The molecule has 1 atom stereocenters. The van der Waals surface area contributed by atoms with Crippen LogP contribution >= 0.6 is 0 Å². The molecule has 4 aromatic rings. The first kappa shape index (κ1) is 18.9. The first-order valence-electron chi connectivity index (χ1n) is 10.5. The van der Waals surface area contributed by atoms with E-state index in [1.165, 1.54) is 5.56 Å². The molecular formula is C24H26N4O2. The lowest BCUT2D eigenvalue weighted by molar-refractivity contribution is 0.0547. The van der Waals surface area contributed by atoms with E-state index in [1.54, 1.807) is 0 Å². The fraction of sp³-hybridized carbons (Fsp3) is 0.333. The van der Waals surface area contributed by atoms with Crippen LogP contribution in [0.4, 0.5) is 5.69 Å². The van der Waals surface area contributed by atoms with Gasteiger partial charge in [-0.15, -0.1) is 0 Å². The van der Waals surface area contributed by atoms with Crippen molar-refractivity contribution in [1.82, 2.24) is 14.7 Å². The van der Waals surface area contributed by atoms with E-state index in [-0.39, 0.29) is 6.04 Å². The molecule has 0 aliphatic carbocycles. The zero-order valence-electron chi connectivity index (χ0n) is 17.3. The van der Waals surface area contributed by atoms with Crippen LogP contribution in [0.2, 0.25) is 0 Å². The molecule has 30 heavy (non-hydrogen) atoms. The average Bonchev–Trinajstić information content (AvgIpc) is 3.33. The Bertz CT molecular complexity index is 1150. The van der Waals surface area contributed by atoms with E-state index in [9.17, 15) is 0 Å². The minimum absolute atomic E-state index is 0.180. The Kier molecular flexibility index (Phi) is 4.79. The maximum atomic E-state index is 6.45. The third-order valence-electron chi connectivity index (χ3n) is 6.18. The quantitative estimate of drug-likeness (QED) is 0.491. The van der Waals surface area contributed by atoms with Crippen molar-refractivity contribution in [1.29, 1.82) is 0 Å². The summed E-state index contributed by atoms with van der Waals surface area (Å²) >= 11 is 0. The number of hydrogen-bond acceptors (Lipinski definition) is 5. The Morgan fingerprint density at radius 2 is 1.87 bits per heavy atom. The van der Waals surface area contributed by atoms with Gasteiger partial charge >= 0.3 is 0 Å². The lowest BCUT2D eigenvalue weighted by Crippen LogP contribution is -2.26. The Hall–Kier alpha value is -3.12. The van der Waals surface area contributed by atoms with Crippen LogP contribution in [0, 0.1) is 19.8 Å². The molecule has 1 aliphatic heterocycles. The number of aromatic nitrogens is 3. The lowest BCUT2D eigenvalue weighted by Gasteiger charge is -2.32. The van der Waals surface area contributed by atoms with Crippen LogP contribution < -0.4 is 5.73 Å². The molecule has 2 aromatic heterocycles. The fourth-order valence-corrected chi connectivity index (χ4v) is 4.76. The standard InChI is InChI=1S/C24H26N4O2/c1-15-22(16(2)30-27-15)19-12-20(25)23-21(13-19)28(14-26-23)24(17-6-4-3-5-7-17)18-8-10-29-11-9-18/h3-7,12-14,18,24H,8-11,25H2,1-2H3. The van der Waals surface area contributed by atoms with E-state index in [4.69, 9.17) is 20.0 Å². The monoisotopic (exact) mass is 402 g/mol. The van der Waals surface area contributed by atoms with Gasteiger partial charge in [-0.3, -0.25) is 0 Å². The minimum atomic E-state index is 0.180. The number of fused-ring (bicyclic) bond motifs is 1. The van der Waals surface area contributed by atoms with Gasteiger partial charge in [-0.2, -0.15) is 0 Å². The molecule has 1 fully saturated rings. The highest BCUT2D eigenvalue weighted by molar-refractivity contribution is 5.93.